The second-order valence-corrected chi connectivity index (χ2v) is 6.56. The first kappa shape index (κ1) is 14.3. The third-order valence-corrected chi connectivity index (χ3v) is 4.99. The van der Waals surface area contributed by atoms with Gasteiger partial charge in [0.1, 0.15) is 10.8 Å². The van der Waals surface area contributed by atoms with Crippen LogP contribution in [0.3, 0.4) is 0 Å². The molecule has 3 heterocycles. The minimum Gasteiger partial charge on any atom is -0.354 e. The molecule has 1 N–H and O–H groups in total. The van der Waals surface area contributed by atoms with Crippen LogP contribution in [0.25, 0.3) is 15.5 Å². The maximum absolute atomic E-state index is 12.4. The summed E-state index contributed by atoms with van der Waals surface area (Å²) < 4.78 is 1.40. The molecular formula is C16H17N5OS. The first-order valence-electron chi connectivity index (χ1n) is 7.65. The first-order valence-corrected chi connectivity index (χ1v) is 8.46. The lowest BCUT2D eigenvalue weighted by atomic mass is 10.1. The summed E-state index contributed by atoms with van der Waals surface area (Å²) in [6.07, 6.45) is 0. The fraction of sp³-hybridized carbons (Fsp3) is 0.312. The van der Waals surface area contributed by atoms with Crippen LogP contribution >= 0.6 is 11.3 Å². The van der Waals surface area contributed by atoms with Gasteiger partial charge in [0.05, 0.1) is 0 Å². The summed E-state index contributed by atoms with van der Waals surface area (Å²) in [4.78, 5) is 19.8. The molecule has 0 spiro atoms. The van der Waals surface area contributed by atoms with Gasteiger partial charge in [-0.1, -0.05) is 35.6 Å². The van der Waals surface area contributed by atoms with E-state index in [4.69, 9.17) is 0 Å². The van der Waals surface area contributed by atoms with E-state index in [0.717, 1.165) is 48.1 Å². The van der Waals surface area contributed by atoms with Crippen LogP contribution in [-0.2, 0) is 0 Å². The Kier molecular flexibility index (Phi) is 3.59. The summed E-state index contributed by atoms with van der Waals surface area (Å²) in [6, 6.07) is 9.63. The number of hydrogen-bond donors (Lipinski definition) is 1. The zero-order valence-corrected chi connectivity index (χ0v) is 13.6. The highest BCUT2D eigenvalue weighted by atomic mass is 32.1. The topological polar surface area (TPSA) is 62.5 Å². The van der Waals surface area contributed by atoms with Crippen molar-refractivity contribution in [3.8, 4) is 10.6 Å². The molecule has 1 aliphatic rings. The second kappa shape index (κ2) is 5.75. The summed E-state index contributed by atoms with van der Waals surface area (Å²) in [7, 11) is 0. The van der Waals surface area contributed by atoms with Crippen LogP contribution in [0.2, 0.25) is 0 Å². The Morgan fingerprint density at radius 3 is 2.78 bits per heavy atom. The van der Waals surface area contributed by atoms with Crippen molar-refractivity contribution in [2.75, 3.05) is 31.1 Å². The van der Waals surface area contributed by atoms with E-state index in [1.165, 1.54) is 15.9 Å². The maximum Gasteiger partial charge on any atom is 0.277 e. The number of aryl methyl sites for hydroxylation is 1. The average Bonchev–Trinajstić information content (AvgIpc) is 3.00. The molecule has 1 aliphatic heterocycles. The van der Waals surface area contributed by atoms with Crippen molar-refractivity contribution >= 4 is 22.1 Å². The van der Waals surface area contributed by atoms with Gasteiger partial charge in [0.25, 0.3) is 5.56 Å². The Bertz CT molecular complexity index is 910. The molecular weight excluding hydrogens is 310 g/mol. The van der Waals surface area contributed by atoms with Gasteiger partial charge in [-0.3, -0.25) is 4.79 Å². The van der Waals surface area contributed by atoms with Crippen LogP contribution in [0.4, 0.5) is 5.82 Å². The zero-order chi connectivity index (χ0) is 15.8. The number of aromatic nitrogens is 3. The van der Waals surface area contributed by atoms with E-state index in [0.29, 0.717) is 4.96 Å². The van der Waals surface area contributed by atoms with Gasteiger partial charge in [0.2, 0.25) is 4.96 Å². The molecule has 0 unspecified atom stereocenters. The number of piperazine rings is 1. The van der Waals surface area contributed by atoms with Gasteiger partial charge >= 0.3 is 0 Å². The van der Waals surface area contributed by atoms with Gasteiger partial charge in [-0.25, -0.2) is 4.98 Å². The summed E-state index contributed by atoms with van der Waals surface area (Å²) >= 11 is 1.46. The average molecular weight is 327 g/mol. The van der Waals surface area contributed by atoms with E-state index in [1.807, 2.05) is 31.2 Å². The third kappa shape index (κ3) is 2.62. The van der Waals surface area contributed by atoms with Gasteiger partial charge < -0.3 is 10.2 Å². The highest BCUT2D eigenvalue weighted by Crippen LogP contribution is 2.27. The van der Waals surface area contributed by atoms with E-state index in [-0.39, 0.29) is 5.56 Å². The fourth-order valence-corrected chi connectivity index (χ4v) is 3.77. The third-order valence-electron chi connectivity index (χ3n) is 4.05. The van der Waals surface area contributed by atoms with Crippen molar-refractivity contribution in [3.63, 3.8) is 0 Å². The van der Waals surface area contributed by atoms with Crippen molar-refractivity contribution < 1.29 is 0 Å². The molecule has 0 aliphatic carbocycles. The standard InChI is InChI=1S/C16H17N5OS/c1-11-4-2-3-5-12(11)15-19-21-14(22)10-13(18-16(21)23-15)20-8-6-17-7-9-20/h2-5,10,17H,6-9H2,1H3. The highest BCUT2D eigenvalue weighted by molar-refractivity contribution is 7.19. The Hall–Kier alpha value is -2.25. The Balaban J connectivity index is 1.81. The first-order chi connectivity index (χ1) is 11.2. The van der Waals surface area contributed by atoms with Crippen LogP contribution in [0.5, 0.6) is 0 Å². The van der Waals surface area contributed by atoms with Crippen molar-refractivity contribution in [2.24, 2.45) is 0 Å². The highest BCUT2D eigenvalue weighted by Gasteiger charge is 2.16. The quantitative estimate of drug-likeness (QED) is 0.773. The Labute approximate surface area is 137 Å². The molecule has 1 saturated heterocycles. The molecule has 0 atom stereocenters. The van der Waals surface area contributed by atoms with Crippen molar-refractivity contribution in [2.45, 2.75) is 6.92 Å². The van der Waals surface area contributed by atoms with E-state index in [1.54, 1.807) is 6.07 Å². The van der Waals surface area contributed by atoms with Gasteiger partial charge in [-0.15, -0.1) is 0 Å². The van der Waals surface area contributed by atoms with Crippen molar-refractivity contribution in [1.82, 2.24) is 19.9 Å². The van der Waals surface area contributed by atoms with Gasteiger partial charge in [-0.2, -0.15) is 9.61 Å². The molecule has 118 valence electrons. The normalized spacial score (nSPS) is 15.3. The predicted octanol–water partition coefficient (Wildman–Crippen LogP) is 1.54. The van der Waals surface area contributed by atoms with Gasteiger partial charge in [-0.05, 0) is 12.5 Å². The van der Waals surface area contributed by atoms with E-state index < -0.39 is 0 Å². The van der Waals surface area contributed by atoms with E-state index in [9.17, 15) is 4.79 Å². The van der Waals surface area contributed by atoms with Crippen molar-refractivity contribution in [3.05, 3.63) is 46.2 Å². The molecule has 0 bridgehead atoms. The van der Waals surface area contributed by atoms with Crippen molar-refractivity contribution in [1.29, 1.82) is 0 Å². The van der Waals surface area contributed by atoms with Crippen LogP contribution in [0.15, 0.2) is 35.1 Å². The smallest absolute Gasteiger partial charge is 0.277 e. The van der Waals surface area contributed by atoms with Gasteiger partial charge in [0.15, 0.2) is 0 Å². The Morgan fingerprint density at radius 1 is 1.22 bits per heavy atom. The minimum absolute atomic E-state index is 0.125. The molecule has 2 aromatic heterocycles. The molecule has 0 saturated carbocycles. The molecule has 7 heteroatoms. The van der Waals surface area contributed by atoms with Crippen LogP contribution in [0.1, 0.15) is 5.56 Å². The maximum atomic E-state index is 12.4. The number of nitrogens with one attached hydrogen (secondary N) is 1. The van der Waals surface area contributed by atoms with Crippen LogP contribution in [0, 0.1) is 6.92 Å². The zero-order valence-electron chi connectivity index (χ0n) is 12.8. The number of rotatable bonds is 2. The molecule has 1 fully saturated rings. The lowest BCUT2D eigenvalue weighted by Crippen LogP contribution is -2.44. The number of nitrogens with zero attached hydrogens (tertiary/aromatic N) is 4. The number of fused-ring (bicyclic) bond motifs is 1. The predicted molar refractivity (Wildman–Crippen MR) is 92.4 cm³/mol. The Morgan fingerprint density at radius 2 is 2.00 bits per heavy atom. The SMILES string of the molecule is Cc1ccccc1-c1nn2c(=O)cc(N3CCNCC3)nc2s1. The van der Waals surface area contributed by atoms with Gasteiger partial charge in [0, 0.05) is 37.8 Å². The summed E-state index contributed by atoms with van der Waals surface area (Å²) in [6.45, 7) is 5.61. The second-order valence-electron chi connectivity index (χ2n) is 5.61. The van der Waals surface area contributed by atoms with Crippen LogP contribution in [-0.4, -0.2) is 40.8 Å². The van der Waals surface area contributed by atoms with E-state index in [2.05, 4.69) is 20.3 Å². The summed E-state index contributed by atoms with van der Waals surface area (Å²) in [5.74, 6) is 0.747. The molecule has 0 radical (unpaired) electrons. The lowest BCUT2D eigenvalue weighted by Gasteiger charge is -2.27. The summed E-state index contributed by atoms with van der Waals surface area (Å²) in [5.41, 5.74) is 2.06. The van der Waals surface area contributed by atoms with E-state index >= 15 is 0 Å². The lowest BCUT2D eigenvalue weighted by molar-refractivity contribution is 0.584. The molecule has 3 aromatic rings. The molecule has 6 nitrogen and oxygen atoms in total. The van der Waals surface area contributed by atoms with Crippen LogP contribution < -0.4 is 15.8 Å². The molecule has 0 amide bonds. The monoisotopic (exact) mass is 327 g/mol. The molecule has 4 rings (SSSR count). The summed E-state index contributed by atoms with van der Waals surface area (Å²) in [5, 5.41) is 8.59. The number of hydrogen-bond acceptors (Lipinski definition) is 6. The number of benzene rings is 1. The molecule has 23 heavy (non-hydrogen) atoms. The largest absolute Gasteiger partial charge is 0.354 e. The molecule has 1 aromatic carbocycles. The minimum atomic E-state index is -0.125. The number of anilines is 1. The fourth-order valence-electron chi connectivity index (χ4n) is 2.78.